The number of terminal acetylenes is 2. The number of aromatic nitrogens is 2. The van der Waals surface area contributed by atoms with Gasteiger partial charge in [-0.2, -0.15) is 16.8 Å². The van der Waals surface area contributed by atoms with Crippen LogP contribution in [-0.2, 0) is 66.0 Å². The van der Waals surface area contributed by atoms with Crippen LogP contribution in [0.1, 0.15) is 62.3 Å². The Kier molecular flexibility index (Phi) is 49.6. The van der Waals surface area contributed by atoms with E-state index in [9.17, 15) is 29.4 Å². The first kappa shape index (κ1) is 84.4. The van der Waals surface area contributed by atoms with Crippen molar-refractivity contribution in [2.24, 2.45) is 22.1 Å². The Labute approximate surface area is 615 Å². The topological polar surface area (TPSA) is 333 Å². The van der Waals surface area contributed by atoms with E-state index in [2.05, 4.69) is 138 Å². The van der Waals surface area contributed by atoms with Crippen LogP contribution in [0, 0.1) is 128 Å². The first-order chi connectivity index (χ1) is 43.6. The van der Waals surface area contributed by atoms with Crippen molar-refractivity contribution in [2.45, 2.75) is 46.5 Å². The Hall–Kier alpha value is -7.56. The number of anilines is 2. The molecule has 2 heterocycles. The molecule has 5 rings (SSSR count). The first-order valence-corrected chi connectivity index (χ1v) is 29.9. The van der Waals surface area contributed by atoms with Gasteiger partial charge in [-0.1, -0.05) is 46.6 Å². The zero-order valence-corrected chi connectivity index (χ0v) is 58.6. The van der Waals surface area contributed by atoms with Crippen molar-refractivity contribution in [3.05, 3.63) is 71.3 Å². The van der Waals surface area contributed by atoms with Crippen LogP contribution >= 0.6 is 22.7 Å². The number of azo groups is 1. The number of fused-ring (bicyclic) bond motifs is 2. The molecule has 92 heavy (non-hydrogen) atoms. The number of carboxylic acid groups (broad SMARTS) is 2. The van der Waals surface area contributed by atoms with Gasteiger partial charge in [0.1, 0.15) is 0 Å². The molecule has 498 valence electrons. The van der Waals surface area contributed by atoms with Gasteiger partial charge in [-0.05, 0) is 164 Å². The molecule has 0 aliphatic rings. The fraction of sp³-hybridized carbons (Fsp3) is 0.365. The standard InChI is InChI=1S/C55H56N6O11S.C8H8N2S.2Na.2O2S.14H2/c1-5-7-9-11-13-15-19-45(53(64)65)41-51(62)56-25-17-29-68-33-35-70-31-27-61(47-22-24-48(44(4)40-47)59-60-55-58-49-23-21-43(3)39-50(49)73-55)28-32-71-36-38-72-37-34-69-30-18-26-57-52(63)42-46(54(66)67)20-16-14-12-10-8-6-2;1-5-2-3-6-7(4-5)11-8(9)10-6;;;2*1-3-2;;;;;;;;;;;;;;/h1-2,21-24,39-40,45-46H,17-18,25-38,41-42H2,3-4H3,(H,56,62)(H,57,63)(H,64,65)(H,66,67);2-4H,1H3,(H2,9,10);;;;;14*1H/q;;2*+1;;;;;;;;;;;;;;;;/p-2. The van der Waals surface area contributed by atoms with Gasteiger partial charge < -0.3 is 64.8 Å². The number of nitrogens with two attached hydrogens (primary N) is 1. The van der Waals surface area contributed by atoms with E-state index in [1.807, 2.05) is 56.3 Å². The summed E-state index contributed by atoms with van der Waals surface area (Å²) in [4.78, 5) is 58.0. The number of rotatable bonds is 32. The van der Waals surface area contributed by atoms with E-state index in [4.69, 9.17) is 59.1 Å². The summed E-state index contributed by atoms with van der Waals surface area (Å²) in [6.07, 6.45) is 10.2. The minimum absolute atomic E-state index is 0. The van der Waals surface area contributed by atoms with E-state index >= 15 is 0 Å². The van der Waals surface area contributed by atoms with Crippen LogP contribution in [-0.4, -0.2) is 143 Å². The first-order valence-electron chi connectivity index (χ1n) is 27.0. The van der Waals surface area contributed by atoms with Gasteiger partial charge in [-0.3, -0.25) is 9.59 Å². The molecule has 2 amide bonds. The maximum Gasteiger partial charge on any atom is 1.00 e. The molecule has 0 aliphatic carbocycles. The van der Waals surface area contributed by atoms with Gasteiger partial charge >= 0.3 is 82.3 Å². The van der Waals surface area contributed by atoms with Gasteiger partial charge in [-0.25, -0.2) is 9.97 Å². The minimum Gasteiger partial charge on any atom is -0.549 e. The van der Waals surface area contributed by atoms with Gasteiger partial charge in [0.15, 0.2) is 5.13 Å². The number of amides is 2. The average molecular weight is 1370 g/mol. The molecule has 0 radical (unpaired) electrons. The molecule has 0 fully saturated rings. The van der Waals surface area contributed by atoms with E-state index in [1.54, 1.807) is 0 Å². The SMILES string of the molecule is C#CC#CC#CC#CC(CC(=O)NCCCOCCOCCOCCN(CCOCCOCCCNC(=O)CC(C#CC#CC#CC#C)C(=O)[O-])c1ccc(N=Nc2nc3ccc(C)cc3s2)c(C)c1)C(=O)[O-].Cc1ccc2nc(N)sc2c1.O=S=O.O=S=O.[HH].[HH].[HH].[HH].[HH].[HH].[HH].[HH].[HH].[HH].[HH].[HH].[HH].[HH].[Na+].[Na+]. The van der Waals surface area contributed by atoms with Crippen molar-refractivity contribution in [3.63, 3.8) is 0 Å². The predicted octanol–water partition coefficient (Wildman–Crippen LogP) is 0.328. The molecule has 5 aromatic rings. The normalized spacial score (nSPS) is 10.1. The van der Waals surface area contributed by atoms with Crippen LogP contribution < -0.4 is 90.6 Å². The summed E-state index contributed by atoms with van der Waals surface area (Å²) >= 11 is 1.52. The number of hydrogen-bond acceptors (Lipinski definition) is 23. The smallest absolute Gasteiger partial charge is 0.549 e. The summed E-state index contributed by atoms with van der Waals surface area (Å²) in [6.45, 7) is 11.3. The molecule has 0 spiro atoms. The molecular weight excluding hydrogens is 1280 g/mol. The molecule has 0 aliphatic heterocycles. The van der Waals surface area contributed by atoms with Crippen LogP contribution in [0.4, 0.5) is 21.6 Å². The van der Waals surface area contributed by atoms with Gasteiger partial charge in [0.25, 0.3) is 0 Å². The number of carbonyl (C=O) groups is 4. The van der Waals surface area contributed by atoms with Gasteiger partial charge in [0, 0.05) is 77.9 Å². The third-order valence-electron chi connectivity index (χ3n) is 11.1. The zero-order chi connectivity index (χ0) is 66.0. The number of benzene rings is 3. The molecule has 0 saturated carbocycles. The fourth-order valence-electron chi connectivity index (χ4n) is 6.95. The van der Waals surface area contributed by atoms with Crippen molar-refractivity contribution in [3.8, 4) is 95.7 Å². The van der Waals surface area contributed by atoms with Crippen molar-refractivity contribution in [1.82, 2.24) is 20.6 Å². The Morgan fingerprint density at radius 2 is 1.00 bits per heavy atom. The Balaban J connectivity index is -0.000000171. The Morgan fingerprint density at radius 3 is 1.45 bits per heavy atom. The molecule has 2 atom stereocenters. The number of nitrogens with zero attached hydrogens (tertiary/aromatic N) is 5. The summed E-state index contributed by atoms with van der Waals surface area (Å²) in [5, 5.41) is 38.1. The zero-order valence-electron chi connectivity index (χ0n) is 51.3. The number of ether oxygens (including phenoxy) is 5. The molecule has 3 aromatic carbocycles. The summed E-state index contributed by atoms with van der Waals surface area (Å²) in [5.41, 5.74) is 12.4. The summed E-state index contributed by atoms with van der Waals surface area (Å²) in [5.74, 6) is 25.7. The maximum atomic E-state index is 12.2. The molecule has 4 N–H and O–H groups in total. The van der Waals surface area contributed by atoms with Crippen molar-refractivity contribution in [2.75, 3.05) is 103 Å². The number of aryl methyl sites for hydroxylation is 3. The van der Waals surface area contributed by atoms with Crippen LogP contribution in [0.25, 0.3) is 20.4 Å². The van der Waals surface area contributed by atoms with E-state index in [1.165, 1.54) is 32.9 Å². The van der Waals surface area contributed by atoms with Crippen LogP contribution in [0.3, 0.4) is 0 Å². The Bertz CT molecular complexity index is 3820. The fourth-order valence-corrected chi connectivity index (χ4v) is 8.67. The molecule has 29 heteroatoms. The van der Waals surface area contributed by atoms with Gasteiger partial charge in [-0.15, -0.1) is 23.1 Å². The van der Waals surface area contributed by atoms with E-state index in [-0.39, 0.29) is 105 Å². The van der Waals surface area contributed by atoms with Crippen LogP contribution in [0.15, 0.2) is 64.8 Å². The van der Waals surface area contributed by atoms with Crippen molar-refractivity contribution < 1.29 is 149 Å². The van der Waals surface area contributed by atoms with E-state index in [0.29, 0.717) is 102 Å². The maximum absolute atomic E-state index is 12.2. The summed E-state index contributed by atoms with van der Waals surface area (Å²) < 4.78 is 64.1. The van der Waals surface area contributed by atoms with Gasteiger partial charge in [0.05, 0.1) is 103 Å². The van der Waals surface area contributed by atoms with Crippen molar-refractivity contribution >= 4 is 112 Å². The average Bonchev–Trinajstić information content (AvgIpc) is 1.07. The Morgan fingerprint density at radius 1 is 0.587 bits per heavy atom. The molecule has 0 bridgehead atoms. The van der Waals surface area contributed by atoms with Crippen LogP contribution in [0.2, 0.25) is 0 Å². The second-order valence-electron chi connectivity index (χ2n) is 17.7. The number of nitrogens with one attached hydrogen (secondary N) is 2. The molecule has 2 aromatic heterocycles. The number of carboxylic acids is 2. The molecule has 2 unspecified atom stereocenters. The quantitative estimate of drug-likeness (QED) is 0.0226. The van der Waals surface area contributed by atoms with E-state index in [0.717, 1.165) is 38.2 Å². The number of nitrogen functional groups attached to an aromatic ring is 1. The number of aliphatic carboxylic acids is 2. The molecule has 23 nitrogen and oxygen atoms in total. The second-order valence-corrected chi connectivity index (χ2v) is 20.1. The molecule has 0 saturated heterocycles. The number of carbonyl (C=O) groups excluding carboxylic acids is 4. The van der Waals surface area contributed by atoms with Crippen molar-refractivity contribution in [1.29, 1.82) is 0 Å². The summed E-state index contributed by atoms with van der Waals surface area (Å²) in [7, 11) is 0. The predicted molar refractivity (Wildman–Crippen MR) is 368 cm³/mol. The molecular formula is C63H90N8Na2O15S4. The second kappa shape index (κ2) is 54.0. The number of hydrogen-bond donors (Lipinski definition) is 3. The summed E-state index contributed by atoms with van der Waals surface area (Å²) in [6, 6.07) is 18.1. The third-order valence-corrected chi connectivity index (χ3v) is 12.8. The minimum atomic E-state index is -1.48. The number of thiazole rings is 2. The largest absolute Gasteiger partial charge is 1.00 e. The van der Waals surface area contributed by atoms with Gasteiger partial charge in [0.2, 0.25) is 16.9 Å². The monoisotopic (exact) mass is 1370 g/mol. The van der Waals surface area contributed by atoms with Crippen LogP contribution in [0.5, 0.6) is 0 Å². The van der Waals surface area contributed by atoms with E-state index < -0.39 is 58.7 Å². The third kappa shape index (κ3) is 39.6.